The second-order valence-corrected chi connectivity index (χ2v) is 6.76. The third-order valence-electron chi connectivity index (χ3n) is 3.98. The summed E-state index contributed by atoms with van der Waals surface area (Å²) in [5, 5.41) is 0. The van der Waals surface area contributed by atoms with Gasteiger partial charge in [0.1, 0.15) is 6.61 Å². The lowest BCUT2D eigenvalue weighted by atomic mass is 9.84. The van der Waals surface area contributed by atoms with Gasteiger partial charge < -0.3 is 9.64 Å². The molecule has 0 aliphatic carbocycles. The summed E-state index contributed by atoms with van der Waals surface area (Å²) in [5.74, 6) is 1.45. The van der Waals surface area contributed by atoms with Crippen molar-refractivity contribution in [3.05, 3.63) is 35.9 Å². The summed E-state index contributed by atoms with van der Waals surface area (Å²) >= 11 is 1.75. The summed E-state index contributed by atoms with van der Waals surface area (Å²) in [6.45, 7) is 2.52. The number of nitrogens with zero attached hydrogens (tertiary/aromatic N) is 1. The van der Waals surface area contributed by atoms with E-state index in [0.29, 0.717) is 19.4 Å². The van der Waals surface area contributed by atoms with Crippen LogP contribution in [0.2, 0.25) is 0 Å². The highest BCUT2D eigenvalue weighted by molar-refractivity contribution is 7.99. The number of rotatable bonds is 6. The van der Waals surface area contributed by atoms with Crippen LogP contribution in [0.15, 0.2) is 30.3 Å². The summed E-state index contributed by atoms with van der Waals surface area (Å²) in [6, 6.07) is 9.50. The van der Waals surface area contributed by atoms with Gasteiger partial charge in [-0.3, -0.25) is 9.59 Å². The van der Waals surface area contributed by atoms with E-state index in [2.05, 4.69) is 6.92 Å². The predicted octanol–water partition coefficient (Wildman–Crippen LogP) is 2.89. The smallest absolute Gasteiger partial charge is 0.311 e. The first-order chi connectivity index (χ1) is 10.6. The molecule has 2 rings (SSSR count). The summed E-state index contributed by atoms with van der Waals surface area (Å²) in [6.07, 6.45) is 0.964. The summed E-state index contributed by atoms with van der Waals surface area (Å²) in [5.41, 5.74) is 0.989. The summed E-state index contributed by atoms with van der Waals surface area (Å²) in [4.78, 5) is 26.1. The Hall–Kier alpha value is -1.49. The van der Waals surface area contributed by atoms with E-state index in [9.17, 15) is 9.59 Å². The number of hydrogen-bond donors (Lipinski definition) is 0. The fourth-order valence-electron chi connectivity index (χ4n) is 2.84. The highest BCUT2D eigenvalue weighted by Crippen LogP contribution is 2.36. The number of carbonyl (C=O) groups excluding carboxylic acids is 2. The largest absolute Gasteiger partial charge is 0.465 e. The molecule has 1 aliphatic rings. The molecule has 5 heteroatoms. The monoisotopic (exact) mass is 321 g/mol. The molecule has 22 heavy (non-hydrogen) atoms. The molecule has 4 nitrogen and oxygen atoms in total. The van der Waals surface area contributed by atoms with Gasteiger partial charge in [0.05, 0.1) is 12.0 Å². The van der Waals surface area contributed by atoms with Gasteiger partial charge in [0.2, 0.25) is 5.91 Å². The maximum Gasteiger partial charge on any atom is 0.311 e. The van der Waals surface area contributed by atoms with E-state index >= 15 is 0 Å². The van der Waals surface area contributed by atoms with Crippen LogP contribution >= 0.6 is 11.8 Å². The van der Waals surface area contributed by atoms with Crippen LogP contribution in [-0.2, 0) is 14.3 Å². The molecule has 0 unspecified atom stereocenters. The number of carbonyl (C=O) groups is 2. The van der Waals surface area contributed by atoms with E-state index in [1.54, 1.807) is 23.7 Å². The van der Waals surface area contributed by atoms with Gasteiger partial charge in [-0.15, -0.1) is 0 Å². The molecule has 0 radical (unpaired) electrons. The van der Waals surface area contributed by atoms with E-state index in [1.165, 1.54) is 0 Å². The molecule has 1 saturated heterocycles. The average molecular weight is 321 g/mol. The van der Waals surface area contributed by atoms with Crippen LogP contribution in [0.25, 0.3) is 0 Å². The second-order valence-electron chi connectivity index (χ2n) is 5.37. The molecule has 0 N–H and O–H groups in total. The molecule has 2 atom stereocenters. The minimum Gasteiger partial charge on any atom is -0.465 e. The second kappa shape index (κ2) is 8.22. The topological polar surface area (TPSA) is 46.6 Å². The Morgan fingerprint density at radius 3 is 2.77 bits per heavy atom. The molecular formula is C17H23NO3S. The first-order valence-corrected chi connectivity index (χ1v) is 8.85. The summed E-state index contributed by atoms with van der Waals surface area (Å²) in [7, 11) is 1.77. The Balaban J connectivity index is 2.10. The summed E-state index contributed by atoms with van der Waals surface area (Å²) < 4.78 is 5.42. The van der Waals surface area contributed by atoms with Crippen molar-refractivity contribution < 1.29 is 14.3 Å². The Bertz CT molecular complexity index is 506. The van der Waals surface area contributed by atoms with E-state index in [0.717, 1.165) is 17.1 Å². The van der Waals surface area contributed by atoms with Crippen molar-refractivity contribution in [3.63, 3.8) is 0 Å². The van der Waals surface area contributed by atoms with Gasteiger partial charge in [-0.25, -0.2) is 0 Å². The van der Waals surface area contributed by atoms with Crippen molar-refractivity contribution in [1.29, 1.82) is 0 Å². The number of piperidine rings is 1. The highest BCUT2D eigenvalue weighted by Gasteiger charge is 2.39. The van der Waals surface area contributed by atoms with E-state index in [-0.39, 0.29) is 23.8 Å². The standard InChI is InChI=1S/C17H23NO3S/c1-3-22-12-11-21-17(20)14-9-10-15(19)18(2)16(14)13-7-5-4-6-8-13/h4-8,14,16H,3,9-12H2,1-2H3/t14-,16+/m0/s1. The predicted molar refractivity (Wildman–Crippen MR) is 88.6 cm³/mol. The molecule has 0 bridgehead atoms. The average Bonchev–Trinajstić information content (AvgIpc) is 2.54. The molecule has 120 valence electrons. The van der Waals surface area contributed by atoms with E-state index in [4.69, 9.17) is 4.74 Å². The fourth-order valence-corrected chi connectivity index (χ4v) is 3.33. The molecule has 0 aromatic heterocycles. The van der Waals surface area contributed by atoms with Crippen molar-refractivity contribution >= 4 is 23.6 Å². The molecule has 1 amide bonds. The van der Waals surface area contributed by atoms with Gasteiger partial charge in [0.25, 0.3) is 0 Å². The molecule has 1 aliphatic heterocycles. The third-order valence-corrected chi connectivity index (χ3v) is 4.84. The van der Waals surface area contributed by atoms with Gasteiger partial charge in [-0.05, 0) is 17.7 Å². The van der Waals surface area contributed by atoms with Crippen molar-refractivity contribution in [2.24, 2.45) is 5.92 Å². The highest BCUT2D eigenvalue weighted by atomic mass is 32.2. The Labute approximate surface area is 136 Å². The molecule has 0 saturated carbocycles. The zero-order chi connectivity index (χ0) is 15.9. The van der Waals surface area contributed by atoms with Crippen molar-refractivity contribution in [3.8, 4) is 0 Å². The first kappa shape index (κ1) is 16.9. The van der Waals surface area contributed by atoms with Crippen LogP contribution in [0.4, 0.5) is 0 Å². The van der Waals surface area contributed by atoms with Crippen molar-refractivity contribution in [2.75, 3.05) is 25.2 Å². The number of esters is 1. The maximum absolute atomic E-state index is 12.4. The number of amides is 1. The molecule has 1 heterocycles. The molecule has 1 fully saturated rings. The van der Waals surface area contributed by atoms with Gasteiger partial charge in [-0.1, -0.05) is 37.3 Å². The number of benzene rings is 1. The maximum atomic E-state index is 12.4. The number of hydrogen-bond acceptors (Lipinski definition) is 4. The van der Waals surface area contributed by atoms with Crippen LogP contribution < -0.4 is 0 Å². The van der Waals surface area contributed by atoms with Gasteiger partial charge in [0, 0.05) is 19.2 Å². The van der Waals surface area contributed by atoms with Crippen LogP contribution in [-0.4, -0.2) is 41.9 Å². The Morgan fingerprint density at radius 1 is 1.36 bits per heavy atom. The lowest BCUT2D eigenvalue weighted by Crippen LogP contribution is -2.43. The SMILES string of the molecule is CCSCCOC(=O)[C@H]1CCC(=O)N(C)[C@@H]1c1ccccc1. The van der Waals surface area contributed by atoms with E-state index < -0.39 is 0 Å². The van der Waals surface area contributed by atoms with Crippen LogP contribution in [0.3, 0.4) is 0 Å². The van der Waals surface area contributed by atoms with Crippen molar-refractivity contribution in [1.82, 2.24) is 4.90 Å². The molecule has 1 aromatic rings. The van der Waals surface area contributed by atoms with Crippen LogP contribution in [0.5, 0.6) is 0 Å². The Kier molecular flexibility index (Phi) is 6.31. The number of ether oxygens (including phenoxy) is 1. The van der Waals surface area contributed by atoms with Gasteiger partial charge >= 0.3 is 5.97 Å². The molecule has 0 spiro atoms. The first-order valence-electron chi connectivity index (χ1n) is 7.70. The van der Waals surface area contributed by atoms with Gasteiger partial charge in [-0.2, -0.15) is 11.8 Å². The van der Waals surface area contributed by atoms with Gasteiger partial charge in [0.15, 0.2) is 0 Å². The fraction of sp³-hybridized carbons (Fsp3) is 0.529. The lowest BCUT2D eigenvalue weighted by Gasteiger charge is -2.38. The number of thioether (sulfide) groups is 1. The lowest BCUT2D eigenvalue weighted by molar-refractivity contribution is -0.155. The zero-order valence-corrected chi connectivity index (χ0v) is 14.0. The van der Waals surface area contributed by atoms with Crippen molar-refractivity contribution in [2.45, 2.75) is 25.8 Å². The van der Waals surface area contributed by atoms with Crippen LogP contribution in [0.1, 0.15) is 31.4 Å². The minimum absolute atomic E-state index is 0.0828. The third kappa shape index (κ3) is 4.03. The Morgan fingerprint density at radius 2 is 2.09 bits per heavy atom. The molecule has 1 aromatic carbocycles. The quantitative estimate of drug-likeness (QED) is 0.597. The normalized spacial score (nSPS) is 21.7. The number of likely N-dealkylation sites (tertiary alicyclic amines) is 1. The van der Waals surface area contributed by atoms with E-state index in [1.807, 2.05) is 30.3 Å². The molecular weight excluding hydrogens is 298 g/mol. The zero-order valence-electron chi connectivity index (χ0n) is 13.2. The minimum atomic E-state index is -0.281. The van der Waals surface area contributed by atoms with Crippen LogP contribution in [0, 0.1) is 5.92 Å².